The van der Waals surface area contributed by atoms with Crippen LogP contribution in [0.1, 0.15) is 42.5 Å². The van der Waals surface area contributed by atoms with Crippen LogP contribution in [0.15, 0.2) is 48.5 Å². The highest BCUT2D eigenvalue weighted by Gasteiger charge is 2.25. The highest BCUT2D eigenvalue weighted by Crippen LogP contribution is 2.29. The Hall–Kier alpha value is -1.60. The molecule has 0 saturated heterocycles. The van der Waals surface area contributed by atoms with Gasteiger partial charge in [0.15, 0.2) is 0 Å². The molecule has 0 heterocycles. The van der Waals surface area contributed by atoms with Crippen LogP contribution < -0.4 is 5.73 Å². The number of hydrogen-bond acceptors (Lipinski definition) is 1. The van der Waals surface area contributed by atoms with Crippen molar-refractivity contribution in [2.75, 3.05) is 0 Å². The Labute approximate surface area is 116 Å². The SMILES string of the molecule is CCCc1cccc(C(C)(N)c2ccccc2C)c1. The molecule has 1 atom stereocenters. The average molecular weight is 253 g/mol. The fourth-order valence-electron chi connectivity index (χ4n) is 2.65. The van der Waals surface area contributed by atoms with Crippen LogP contribution in [0.4, 0.5) is 0 Å². The summed E-state index contributed by atoms with van der Waals surface area (Å²) in [7, 11) is 0. The van der Waals surface area contributed by atoms with E-state index in [0.717, 1.165) is 12.8 Å². The summed E-state index contributed by atoms with van der Waals surface area (Å²) in [6.45, 7) is 6.42. The first-order chi connectivity index (χ1) is 9.05. The van der Waals surface area contributed by atoms with E-state index >= 15 is 0 Å². The van der Waals surface area contributed by atoms with Gasteiger partial charge in [-0.15, -0.1) is 0 Å². The van der Waals surface area contributed by atoms with Crippen LogP contribution >= 0.6 is 0 Å². The molecular formula is C18H23N. The molecule has 2 N–H and O–H groups in total. The summed E-state index contributed by atoms with van der Waals surface area (Å²) < 4.78 is 0. The Morgan fingerprint density at radius 1 is 1.05 bits per heavy atom. The Kier molecular flexibility index (Phi) is 4.06. The fraction of sp³-hybridized carbons (Fsp3) is 0.333. The van der Waals surface area contributed by atoms with Crippen LogP contribution in [0.5, 0.6) is 0 Å². The maximum absolute atomic E-state index is 6.63. The van der Waals surface area contributed by atoms with Crippen LogP contribution in [0, 0.1) is 6.92 Å². The van der Waals surface area contributed by atoms with Gasteiger partial charge in [-0.2, -0.15) is 0 Å². The third-order valence-electron chi connectivity index (χ3n) is 3.77. The Morgan fingerprint density at radius 3 is 2.47 bits per heavy atom. The van der Waals surface area contributed by atoms with Gasteiger partial charge in [-0.3, -0.25) is 0 Å². The van der Waals surface area contributed by atoms with E-state index in [-0.39, 0.29) is 0 Å². The molecule has 0 radical (unpaired) electrons. The van der Waals surface area contributed by atoms with Crippen LogP contribution in [-0.4, -0.2) is 0 Å². The molecule has 0 fully saturated rings. The van der Waals surface area contributed by atoms with Crippen molar-refractivity contribution in [1.29, 1.82) is 0 Å². The van der Waals surface area contributed by atoms with Crippen LogP contribution in [0.25, 0.3) is 0 Å². The van der Waals surface area contributed by atoms with Gasteiger partial charge in [0.25, 0.3) is 0 Å². The van der Waals surface area contributed by atoms with Crippen molar-refractivity contribution in [2.45, 2.75) is 39.2 Å². The molecule has 0 aromatic heterocycles. The molecule has 0 aliphatic rings. The molecule has 0 spiro atoms. The van der Waals surface area contributed by atoms with E-state index in [9.17, 15) is 0 Å². The lowest BCUT2D eigenvalue weighted by atomic mass is 9.82. The van der Waals surface area contributed by atoms with E-state index in [2.05, 4.69) is 69.3 Å². The zero-order valence-corrected chi connectivity index (χ0v) is 12.1. The summed E-state index contributed by atoms with van der Waals surface area (Å²) in [5.41, 5.74) is 11.2. The molecule has 2 rings (SSSR count). The molecule has 1 heteroatoms. The Balaban J connectivity index is 2.44. The van der Waals surface area contributed by atoms with E-state index in [4.69, 9.17) is 5.73 Å². The second kappa shape index (κ2) is 5.58. The van der Waals surface area contributed by atoms with Gasteiger partial charge < -0.3 is 5.73 Å². The summed E-state index contributed by atoms with van der Waals surface area (Å²) >= 11 is 0. The summed E-state index contributed by atoms with van der Waals surface area (Å²) in [4.78, 5) is 0. The van der Waals surface area contributed by atoms with Crippen molar-refractivity contribution in [3.8, 4) is 0 Å². The molecule has 0 amide bonds. The smallest absolute Gasteiger partial charge is 0.0639 e. The molecule has 2 aromatic rings. The maximum atomic E-state index is 6.63. The lowest BCUT2D eigenvalue weighted by molar-refractivity contribution is 0.598. The number of nitrogens with two attached hydrogens (primary N) is 1. The summed E-state index contributed by atoms with van der Waals surface area (Å²) in [5, 5.41) is 0. The number of rotatable bonds is 4. The molecule has 19 heavy (non-hydrogen) atoms. The van der Waals surface area contributed by atoms with Gasteiger partial charge in [0.1, 0.15) is 0 Å². The highest BCUT2D eigenvalue weighted by molar-refractivity contribution is 5.42. The van der Waals surface area contributed by atoms with Gasteiger partial charge in [-0.05, 0) is 42.5 Å². The van der Waals surface area contributed by atoms with Gasteiger partial charge in [0, 0.05) is 0 Å². The summed E-state index contributed by atoms with van der Waals surface area (Å²) in [5.74, 6) is 0. The normalized spacial score (nSPS) is 14.1. The molecule has 0 saturated carbocycles. The minimum Gasteiger partial charge on any atom is -0.318 e. The van der Waals surface area contributed by atoms with Crippen molar-refractivity contribution in [3.05, 3.63) is 70.8 Å². The monoisotopic (exact) mass is 253 g/mol. The van der Waals surface area contributed by atoms with Crippen molar-refractivity contribution in [3.63, 3.8) is 0 Å². The van der Waals surface area contributed by atoms with Crippen LogP contribution in [0.3, 0.4) is 0 Å². The molecule has 2 aromatic carbocycles. The summed E-state index contributed by atoms with van der Waals surface area (Å²) in [6.07, 6.45) is 2.27. The van der Waals surface area contributed by atoms with Crippen molar-refractivity contribution >= 4 is 0 Å². The van der Waals surface area contributed by atoms with Crippen molar-refractivity contribution in [1.82, 2.24) is 0 Å². The fourth-order valence-corrected chi connectivity index (χ4v) is 2.65. The topological polar surface area (TPSA) is 26.0 Å². The maximum Gasteiger partial charge on any atom is 0.0639 e. The van der Waals surface area contributed by atoms with Crippen molar-refractivity contribution < 1.29 is 0 Å². The van der Waals surface area contributed by atoms with Crippen LogP contribution in [-0.2, 0) is 12.0 Å². The third kappa shape index (κ3) is 2.87. The van der Waals surface area contributed by atoms with Crippen LogP contribution in [0.2, 0.25) is 0 Å². The van der Waals surface area contributed by atoms with E-state index < -0.39 is 5.54 Å². The molecule has 100 valence electrons. The molecule has 1 unspecified atom stereocenters. The van der Waals surface area contributed by atoms with E-state index in [1.807, 2.05) is 0 Å². The molecular weight excluding hydrogens is 230 g/mol. The first kappa shape index (κ1) is 13.8. The summed E-state index contributed by atoms with van der Waals surface area (Å²) in [6, 6.07) is 17.0. The third-order valence-corrected chi connectivity index (χ3v) is 3.77. The molecule has 0 aliphatic heterocycles. The second-order valence-electron chi connectivity index (χ2n) is 5.47. The Bertz CT molecular complexity index is 555. The molecule has 0 aliphatic carbocycles. The predicted octanol–water partition coefficient (Wildman–Crippen LogP) is 4.17. The first-order valence-electron chi connectivity index (χ1n) is 7.00. The van der Waals surface area contributed by atoms with Gasteiger partial charge in [0.05, 0.1) is 5.54 Å². The quantitative estimate of drug-likeness (QED) is 0.869. The van der Waals surface area contributed by atoms with E-state index in [0.29, 0.717) is 0 Å². The molecule has 0 bridgehead atoms. The molecule has 1 nitrogen and oxygen atoms in total. The minimum absolute atomic E-state index is 0.435. The lowest BCUT2D eigenvalue weighted by Gasteiger charge is -2.28. The van der Waals surface area contributed by atoms with Gasteiger partial charge in [-0.1, -0.05) is 61.9 Å². The van der Waals surface area contributed by atoms with Gasteiger partial charge >= 0.3 is 0 Å². The van der Waals surface area contributed by atoms with Gasteiger partial charge in [0.2, 0.25) is 0 Å². The number of benzene rings is 2. The first-order valence-corrected chi connectivity index (χ1v) is 7.00. The average Bonchev–Trinajstić information content (AvgIpc) is 2.40. The zero-order valence-electron chi connectivity index (χ0n) is 12.1. The Morgan fingerprint density at radius 2 is 1.79 bits per heavy atom. The largest absolute Gasteiger partial charge is 0.318 e. The van der Waals surface area contributed by atoms with E-state index in [1.54, 1.807) is 0 Å². The predicted molar refractivity (Wildman–Crippen MR) is 82.3 cm³/mol. The number of aryl methyl sites for hydroxylation is 2. The lowest BCUT2D eigenvalue weighted by Crippen LogP contribution is -2.35. The zero-order chi connectivity index (χ0) is 13.9. The second-order valence-corrected chi connectivity index (χ2v) is 5.47. The highest BCUT2D eigenvalue weighted by atomic mass is 14.7. The van der Waals surface area contributed by atoms with Crippen molar-refractivity contribution in [2.24, 2.45) is 5.73 Å². The van der Waals surface area contributed by atoms with Gasteiger partial charge in [-0.25, -0.2) is 0 Å². The number of hydrogen-bond donors (Lipinski definition) is 1. The minimum atomic E-state index is -0.435. The standard InChI is InChI=1S/C18H23N/c1-4-8-15-10-7-11-16(13-15)18(3,19)17-12-6-5-9-14(17)2/h5-7,9-13H,4,8,19H2,1-3H3. The van der Waals surface area contributed by atoms with E-state index in [1.165, 1.54) is 22.3 Å².